The van der Waals surface area contributed by atoms with Crippen LogP contribution < -0.4 is 4.74 Å². The monoisotopic (exact) mass is 478 g/mol. The van der Waals surface area contributed by atoms with Gasteiger partial charge in [-0.05, 0) is 70.9 Å². The summed E-state index contributed by atoms with van der Waals surface area (Å²) in [6.45, 7) is 16.9. The second-order valence-corrected chi connectivity index (χ2v) is 12.6. The van der Waals surface area contributed by atoms with E-state index in [9.17, 15) is 0 Å². The number of hydrogen-bond donors (Lipinski definition) is 0. The third-order valence-corrected chi connectivity index (χ3v) is 7.24. The maximum absolute atomic E-state index is 6.49. The highest BCUT2D eigenvalue weighted by Gasteiger charge is 2.23. The molecule has 0 radical (unpaired) electrons. The van der Waals surface area contributed by atoms with Gasteiger partial charge in [-0.1, -0.05) is 105 Å². The fourth-order valence-electron chi connectivity index (χ4n) is 4.77. The predicted molar refractivity (Wildman–Crippen MR) is 151 cm³/mol. The number of hydrogen-bond acceptors (Lipinski definition) is 2. The molecule has 2 heteroatoms. The van der Waals surface area contributed by atoms with Crippen molar-refractivity contribution < 1.29 is 9.47 Å². The number of unbranched alkanes of at least 4 members (excludes halogenated alkanes) is 5. The van der Waals surface area contributed by atoms with Gasteiger partial charge in [0.1, 0.15) is 5.75 Å². The largest absolute Gasteiger partial charge is 0.464 e. The number of aryl methyl sites for hydroxylation is 1. The summed E-state index contributed by atoms with van der Waals surface area (Å²) in [6.07, 6.45) is 12.2. The van der Waals surface area contributed by atoms with E-state index in [2.05, 4.69) is 84.9 Å². The van der Waals surface area contributed by atoms with Gasteiger partial charge >= 0.3 is 0 Å². The summed E-state index contributed by atoms with van der Waals surface area (Å²) in [6, 6.07) is 14.0. The quantitative estimate of drug-likeness (QED) is 0.316. The van der Waals surface area contributed by atoms with Crippen LogP contribution in [0.1, 0.15) is 123 Å². The van der Waals surface area contributed by atoms with Gasteiger partial charge in [-0.3, -0.25) is 0 Å². The van der Waals surface area contributed by atoms with Crippen molar-refractivity contribution in [3.05, 3.63) is 53.1 Å². The Kier molecular flexibility index (Phi) is 9.87. The Morgan fingerprint density at radius 3 is 2.06 bits per heavy atom. The maximum Gasteiger partial charge on any atom is 0.199 e. The van der Waals surface area contributed by atoms with E-state index in [0.717, 1.165) is 31.6 Å². The van der Waals surface area contributed by atoms with E-state index in [0.29, 0.717) is 0 Å². The number of benzene rings is 2. The van der Waals surface area contributed by atoms with Crippen molar-refractivity contribution in [1.82, 2.24) is 0 Å². The summed E-state index contributed by atoms with van der Waals surface area (Å²) in [5, 5.41) is 0. The molecule has 2 aromatic carbocycles. The van der Waals surface area contributed by atoms with Crippen molar-refractivity contribution in [2.45, 2.75) is 130 Å². The number of rotatable bonds is 10. The summed E-state index contributed by atoms with van der Waals surface area (Å²) in [5.41, 5.74) is 6.80. The molecule has 0 bridgehead atoms. The van der Waals surface area contributed by atoms with Crippen LogP contribution in [0, 0.1) is 0 Å². The predicted octanol–water partition coefficient (Wildman–Crippen LogP) is 9.76. The SMILES string of the molecule is CCCCCCCCc1ccc(OC2CCCCO2)c(-c2cc(C(C)(C)C)cc(C(C)(C)C)c2)c1. The van der Waals surface area contributed by atoms with E-state index in [1.165, 1.54) is 72.8 Å². The lowest BCUT2D eigenvalue weighted by Crippen LogP contribution is -2.25. The third kappa shape index (κ3) is 8.38. The Morgan fingerprint density at radius 2 is 1.46 bits per heavy atom. The van der Waals surface area contributed by atoms with Crippen LogP contribution in [0.3, 0.4) is 0 Å². The lowest BCUT2D eigenvalue weighted by atomic mass is 9.78. The van der Waals surface area contributed by atoms with Crippen LogP contribution in [0.2, 0.25) is 0 Å². The average molecular weight is 479 g/mol. The molecule has 2 nitrogen and oxygen atoms in total. The second-order valence-electron chi connectivity index (χ2n) is 12.6. The molecule has 35 heavy (non-hydrogen) atoms. The van der Waals surface area contributed by atoms with E-state index in [1.807, 2.05) is 0 Å². The van der Waals surface area contributed by atoms with Gasteiger partial charge in [0.2, 0.25) is 0 Å². The molecule has 0 amide bonds. The molecule has 0 saturated carbocycles. The molecule has 0 aromatic heterocycles. The molecule has 1 fully saturated rings. The fraction of sp³-hybridized carbons (Fsp3) is 0.636. The van der Waals surface area contributed by atoms with Crippen LogP contribution in [0.15, 0.2) is 36.4 Å². The highest BCUT2D eigenvalue weighted by Crippen LogP contribution is 2.38. The van der Waals surface area contributed by atoms with E-state index < -0.39 is 0 Å². The zero-order valence-electron chi connectivity index (χ0n) is 23.6. The first-order chi connectivity index (χ1) is 16.6. The average Bonchev–Trinajstić information content (AvgIpc) is 2.81. The third-order valence-electron chi connectivity index (χ3n) is 7.24. The van der Waals surface area contributed by atoms with Crippen LogP contribution in [0.5, 0.6) is 5.75 Å². The Balaban J connectivity index is 1.96. The van der Waals surface area contributed by atoms with Crippen LogP contribution in [-0.2, 0) is 22.0 Å². The Bertz CT molecular complexity index is 891. The van der Waals surface area contributed by atoms with Gasteiger partial charge in [0, 0.05) is 12.0 Å². The smallest absolute Gasteiger partial charge is 0.199 e. The minimum atomic E-state index is -0.139. The van der Waals surface area contributed by atoms with Gasteiger partial charge in [0.05, 0.1) is 6.61 Å². The summed E-state index contributed by atoms with van der Waals surface area (Å²) in [5.74, 6) is 0.953. The molecule has 0 aliphatic carbocycles. The van der Waals surface area contributed by atoms with Gasteiger partial charge in [-0.2, -0.15) is 0 Å². The van der Waals surface area contributed by atoms with Gasteiger partial charge in [-0.25, -0.2) is 0 Å². The van der Waals surface area contributed by atoms with Gasteiger partial charge in [0.25, 0.3) is 0 Å². The van der Waals surface area contributed by atoms with Crippen molar-refractivity contribution in [2.75, 3.05) is 6.61 Å². The first-order valence-corrected chi connectivity index (χ1v) is 14.2. The minimum absolute atomic E-state index is 0.0829. The maximum atomic E-state index is 6.49. The van der Waals surface area contributed by atoms with Crippen LogP contribution >= 0.6 is 0 Å². The first kappa shape index (κ1) is 27.8. The standard InChI is InChI=1S/C33H50O2/c1-8-9-10-11-12-13-16-25-18-19-30(35-31-17-14-15-20-34-31)29(21-25)26-22-27(32(2,3)4)24-28(23-26)33(5,6)7/h18-19,21-24,31H,8-17,20H2,1-7H3. The summed E-state index contributed by atoms with van der Waals surface area (Å²) < 4.78 is 12.4. The van der Waals surface area contributed by atoms with Crippen molar-refractivity contribution in [3.8, 4) is 16.9 Å². The van der Waals surface area contributed by atoms with E-state index in [4.69, 9.17) is 9.47 Å². The lowest BCUT2D eigenvalue weighted by molar-refractivity contribution is -0.105. The van der Waals surface area contributed by atoms with Gasteiger partial charge in [-0.15, -0.1) is 0 Å². The highest BCUT2D eigenvalue weighted by atomic mass is 16.7. The lowest BCUT2D eigenvalue weighted by Gasteiger charge is -2.28. The zero-order chi connectivity index (χ0) is 25.5. The van der Waals surface area contributed by atoms with Crippen LogP contribution in [0.4, 0.5) is 0 Å². The zero-order valence-corrected chi connectivity index (χ0v) is 23.6. The Morgan fingerprint density at radius 1 is 0.800 bits per heavy atom. The van der Waals surface area contributed by atoms with Crippen molar-refractivity contribution in [3.63, 3.8) is 0 Å². The molecule has 1 unspecified atom stereocenters. The Labute approximate surface area is 215 Å². The molecule has 1 saturated heterocycles. The molecular weight excluding hydrogens is 428 g/mol. The second kappa shape index (κ2) is 12.4. The van der Waals surface area contributed by atoms with Crippen molar-refractivity contribution in [1.29, 1.82) is 0 Å². The fourth-order valence-corrected chi connectivity index (χ4v) is 4.77. The molecule has 1 aliphatic heterocycles. The molecule has 0 N–H and O–H groups in total. The molecule has 1 aliphatic rings. The summed E-state index contributed by atoms with van der Waals surface area (Å²) in [7, 11) is 0. The molecular formula is C33H50O2. The van der Waals surface area contributed by atoms with Crippen LogP contribution in [-0.4, -0.2) is 12.9 Å². The first-order valence-electron chi connectivity index (χ1n) is 14.2. The molecule has 1 heterocycles. The van der Waals surface area contributed by atoms with Crippen molar-refractivity contribution >= 4 is 0 Å². The summed E-state index contributed by atoms with van der Waals surface area (Å²) in [4.78, 5) is 0. The van der Waals surface area contributed by atoms with E-state index in [1.54, 1.807) is 0 Å². The Hall–Kier alpha value is -1.80. The molecule has 194 valence electrons. The van der Waals surface area contributed by atoms with E-state index in [-0.39, 0.29) is 17.1 Å². The minimum Gasteiger partial charge on any atom is -0.464 e. The normalized spacial score (nSPS) is 16.9. The summed E-state index contributed by atoms with van der Waals surface area (Å²) >= 11 is 0. The molecule has 3 rings (SSSR count). The van der Waals surface area contributed by atoms with E-state index >= 15 is 0 Å². The van der Waals surface area contributed by atoms with Crippen molar-refractivity contribution in [2.24, 2.45) is 0 Å². The molecule has 0 spiro atoms. The molecule has 1 atom stereocenters. The highest BCUT2D eigenvalue weighted by molar-refractivity contribution is 5.73. The number of ether oxygens (including phenoxy) is 2. The van der Waals surface area contributed by atoms with Crippen LogP contribution in [0.25, 0.3) is 11.1 Å². The molecule has 2 aromatic rings. The topological polar surface area (TPSA) is 18.5 Å². The van der Waals surface area contributed by atoms with Gasteiger partial charge < -0.3 is 9.47 Å². The van der Waals surface area contributed by atoms with Gasteiger partial charge in [0.15, 0.2) is 6.29 Å².